The van der Waals surface area contributed by atoms with Crippen LogP contribution in [0.25, 0.3) is 0 Å². The molecular formula is C22H29NO2. The Morgan fingerprint density at radius 3 is 2.20 bits per heavy atom. The first-order valence-corrected chi connectivity index (χ1v) is 8.85. The van der Waals surface area contributed by atoms with E-state index in [2.05, 4.69) is 57.2 Å². The Labute approximate surface area is 151 Å². The molecule has 2 aromatic carbocycles. The van der Waals surface area contributed by atoms with Crippen LogP contribution in [0.2, 0.25) is 0 Å². The zero-order valence-electron chi connectivity index (χ0n) is 16.2. The SMILES string of the molecule is Cc1ccc(CN(C)C(=O)[C@H](C)Oc2cc(C)ccc2C(C)C)cc1. The van der Waals surface area contributed by atoms with Gasteiger partial charge < -0.3 is 9.64 Å². The number of carbonyl (C=O) groups is 1. The van der Waals surface area contributed by atoms with Crippen LogP contribution in [0.4, 0.5) is 0 Å². The molecule has 0 fully saturated rings. The number of benzene rings is 2. The van der Waals surface area contributed by atoms with Crippen LogP contribution in [0.5, 0.6) is 5.75 Å². The molecule has 2 aromatic rings. The second-order valence-electron chi connectivity index (χ2n) is 7.14. The Morgan fingerprint density at radius 2 is 1.60 bits per heavy atom. The summed E-state index contributed by atoms with van der Waals surface area (Å²) in [4.78, 5) is 14.4. The lowest BCUT2D eigenvalue weighted by atomic mass is 10.0. The molecule has 3 nitrogen and oxygen atoms in total. The van der Waals surface area contributed by atoms with Crippen molar-refractivity contribution in [1.29, 1.82) is 0 Å². The summed E-state index contributed by atoms with van der Waals surface area (Å²) in [6.07, 6.45) is -0.519. The maximum Gasteiger partial charge on any atom is 0.263 e. The Balaban J connectivity index is 2.07. The predicted molar refractivity (Wildman–Crippen MR) is 103 cm³/mol. The highest BCUT2D eigenvalue weighted by Crippen LogP contribution is 2.28. The molecule has 25 heavy (non-hydrogen) atoms. The number of ether oxygens (including phenoxy) is 1. The molecule has 0 N–H and O–H groups in total. The van der Waals surface area contributed by atoms with Crippen molar-refractivity contribution in [3.05, 3.63) is 64.7 Å². The average molecular weight is 339 g/mol. The molecule has 1 amide bonds. The fourth-order valence-corrected chi connectivity index (χ4v) is 2.82. The van der Waals surface area contributed by atoms with E-state index < -0.39 is 6.10 Å². The van der Waals surface area contributed by atoms with Crippen LogP contribution in [0.15, 0.2) is 42.5 Å². The lowest BCUT2D eigenvalue weighted by Crippen LogP contribution is -2.37. The first kappa shape index (κ1) is 19.0. The zero-order chi connectivity index (χ0) is 18.6. The molecule has 1 atom stereocenters. The normalized spacial score (nSPS) is 12.1. The number of carbonyl (C=O) groups excluding carboxylic acids is 1. The molecule has 0 aromatic heterocycles. The van der Waals surface area contributed by atoms with Gasteiger partial charge in [0.25, 0.3) is 5.91 Å². The summed E-state index contributed by atoms with van der Waals surface area (Å²) in [5.74, 6) is 1.14. The largest absolute Gasteiger partial charge is 0.481 e. The van der Waals surface area contributed by atoms with E-state index in [4.69, 9.17) is 4.74 Å². The van der Waals surface area contributed by atoms with Crippen LogP contribution in [0.1, 0.15) is 48.9 Å². The van der Waals surface area contributed by atoms with Gasteiger partial charge in [-0.2, -0.15) is 0 Å². The highest BCUT2D eigenvalue weighted by atomic mass is 16.5. The maximum absolute atomic E-state index is 12.7. The Morgan fingerprint density at radius 1 is 1.00 bits per heavy atom. The minimum atomic E-state index is -0.519. The molecule has 0 aliphatic rings. The van der Waals surface area contributed by atoms with Crippen LogP contribution in [-0.2, 0) is 11.3 Å². The number of nitrogens with zero attached hydrogens (tertiary/aromatic N) is 1. The fourth-order valence-electron chi connectivity index (χ4n) is 2.82. The maximum atomic E-state index is 12.7. The molecule has 0 radical (unpaired) electrons. The van der Waals surface area contributed by atoms with Crippen LogP contribution in [0.3, 0.4) is 0 Å². The van der Waals surface area contributed by atoms with Crippen molar-refractivity contribution in [2.24, 2.45) is 0 Å². The molecule has 0 saturated heterocycles. The summed E-state index contributed by atoms with van der Waals surface area (Å²) in [5.41, 5.74) is 4.60. The van der Waals surface area contributed by atoms with Gasteiger partial charge >= 0.3 is 0 Å². The van der Waals surface area contributed by atoms with Gasteiger partial charge in [0.15, 0.2) is 6.10 Å². The molecule has 134 valence electrons. The number of aryl methyl sites for hydroxylation is 2. The van der Waals surface area contributed by atoms with Crippen molar-refractivity contribution in [2.75, 3.05) is 7.05 Å². The van der Waals surface area contributed by atoms with Gasteiger partial charge in [0.1, 0.15) is 5.75 Å². The monoisotopic (exact) mass is 339 g/mol. The van der Waals surface area contributed by atoms with Gasteiger partial charge in [-0.15, -0.1) is 0 Å². The molecule has 0 spiro atoms. The van der Waals surface area contributed by atoms with Crippen molar-refractivity contribution in [2.45, 2.75) is 53.2 Å². The van der Waals surface area contributed by atoms with Gasteiger partial charge in [-0.3, -0.25) is 4.79 Å². The second-order valence-corrected chi connectivity index (χ2v) is 7.14. The van der Waals surface area contributed by atoms with E-state index in [0.717, 1.165) is 22.4 Å². The molecule has 3 heteroatoms. The summed E-state index contributed by atoms with van der Waals surface area (Å²) in [5, 5.41) is 0. The third-order valence-corrected chi connectivity index (χ3v) is 4.36. The molecule has 0 aliphatic heterocycles. The zero-order valence-corrected chi connectivity index (χ0v) is 16.2. The van der Waals surface area contributed by atoms with Crippen molar-refractivity contribution >= 4 is 5.91 Å². The van der Waals surface area contributed by atoms with Gasteiger partial charge in [0.05, 0.1) is 0 Å². The first-order valence-electron chi connectivity index (χ1n) is 8.85. The van der Waals surface area contributed by atoms with Crippen molar-refractivity contribution < 1.29 is 9.53 Å². The van der Waals surface area contributed by atoms with Gasteiger partial charge in [0.2, 0.25) is 0 Å². The Hall–Kier alpha value is -2.29. The molecule has 2 rings (SSSR count). The van der Waals surface area contributed by atoms with E-state index in [1.54, 1.807) is 4.90 Å². The minimum Gasteiger partial charge on any atom is -0.481 e. The Bertz CT molecular complexity index is 719. The van der Waals surface area contributed by atoms with E-state index in [1.165, 1.54) is 5.56 Å². The summed E-state index contributed by atoms with van der Waals surface area (Å²) in [6, 6.07) is 14.4. The fraction of sp³-hybridized carbons (Fsp3) is 0.409. The van der Waals surface area contributed by atoms with Gasteiger partial charge in [-0.05, 0) is 49.4 Å². The number of hydrogen-bond acceptors (Lipinski definition) is 2. The lowest BCUT2D eigenvalue weighted by Gasteiger charge is -2.24. The van der Waals surface area contributed by atoms with Crippen LogP contribution in [0, 0.1) is 13.8 Å². The summed E-state index contributed by atoms with van der Waals surface area (Å²) < 4.78 is 6.04. The summed E-state index contributed by atoms with van der Waals surface area (Å²) >= 11 is 0. The molecular weight excluding hydrogens is 310 g/mol. The number of hydrogen-bond donors (Lipinski definition) is 0. The molecule has 0 unspecified atom stereocenters. The topological polar surface area (TPSA) is 29.5 Å². The van der Waals surface area contributed by atoms with Gasteiger partial charge in [-0.1, -0.05) is 55.8 Å². The molecule has 0 saturated carbocycles. The van der Waals surface area contributed by atoms with E-state index in [0.29, 0.717) is 12.5 Å². The first-order chi connectivity index (χ1) is 11.8. The smallest absolute Gasteiger partial charge is 0.263 e. The van der Waals surface area contributed by atoms with Crippen LogP contribution in [-0.4, -0.2) is 24.0 Å². The summed E-state index contributed by atoms with van der Waals surface area (Å²) in [6.45, 7) is 10.8. The van der Waals surface area contributed by atoms with Gasteiger partial charge in [0, 0.05) is 13.6 Å². The average Bonchev–Trinajstić information content (AvgIpc) is 2.55. The highest BCUT2D eigenvalue weighted by Gasteiger charge is 2.21. The molecule has 0 aliphatic carbocycles. The third-order valence-electron chi connectivity index (χ3n) is 4.36. The van der Waals surface area contributed by atoms with Crippen LogP contribution >= 0.6 is 0 Å². The van der Waals surface area contributed by atoms with Gasteiger partial charge in [-0.25, -0.2) is 0 Å². The quantitative estimate of drug-likeness (QED) is 0.753. The van der Waals surface area contributed by atoms with E-state index in [1.807, 2.05) is 27.0 Å². The third kappa shape index (κ3) is 5.09. The van der Waals surface area contributed by atoms with Crippen molar-refractivity contribution in [3.8, 4) is 5.75 Å². The second kappa shape index (κ2) is 8.19. The van der Waals surface area contributed by atoms with Crippen LogP contribution < -0.4 is 4.74 Å². The molecule has 0 heterocycles. The Kier molecular flexibility index (Phi) is 6.24. The lowest BCUT2D eigenvalue weighted by molar-refractivity contribution is -0.137. The van der Waals surface area contributed by atoms with E-state index in [9.17, 15) is 4.79 Å². The van der Waals surface area contributed by atoms with Crippen molar-refractivity contribution in [1.82, 2.24) is 4.90 Å². The summed E-state index contributed by atoms with van der Waals surface area (Å²) in [7, 11) is 1.82. The number of likely N-dealkylation sites (N-methyl/N-ethyl adjacent to an activating group) is 1. The number of amides is 1. The predicted octanol–water partition coefficient (Wildman–Crippen LogP) is 4.85. The molecule has 0 bridgehead atoms. The number of rotatable bonds is 6. The van der Waals surface area contributed by atoms with E-state index in [-0.39, 0.29) is 5.91 Å². The van der Waals surface area contributed by atoms with E-state index >= 15 is 0 Å². The standard InChI is InChI=1S/C22H29NO2/c1-15(2)20-12-9-17(4)13-21(20)25-18(5)22(24)23(6)14-19-10-7-16(3)8-11-19/h7-13,15,18H,14H2,1-6H3/t18-/m0/s1. The highest BCUT2D eigenvalue weighted by molar-refractivity contribution is 5.80. The minimum absolute atomic E-state index is 0.0169. The van der Waals surface area contributed by atoms with Crippen molar-refractivity contribution in [3.63, 3.8) is 0 Å².